The van der Waals surface area contributed by atoms with E-state index < -0.39 is 29.2 Å². The number of allylic oxidation sites excluding steroid dienone is 2. The molecule has 0 saturated carbocycles. The van der Waals surface area contributed by atoms with Gasteiger partial charge in [-0.25, -0.2) is 4.39 Å². The average Bonchev–Trinajstić information content (AvgIpc) is 3.28. The second kappa shape index (κ2) is 9.58. The van der Waals surface area contributed by atoms with Crippen LogP contribution in [-0.4, -0.2) is 11.0 Å². The van der Waals surface area contributed by atoms with Crippen molar-refractivity contribution in [1.82, 2.24) is 4.98 Å². The molecule has 1 aromatic heterocycles. The quantitative estimate of drug-likeness (QED) is 0.362. The van der Waals surface area contributed by atoms with Gasteiger partial charge in [0, 0.05) is 27.4 Å². The molecule has 1 aliphatic rings. The Bertz CT molecular complexity index is 1290. The fourth-order valence-corrected chi connectivity index (χ4v) is 4.37. The molecule has 0 amide bonds. The molecule has 0 atom stereocenters. The van der Waals surface area contributed by atoms with Crippen LogP contribution in [0.4, 0.5) is 17.6 Å². The zero-order valence-corrected chi connectivity index (χ0v) is 19.2. The van der Waals surface area contributed by atoms with Crippen LogP contribution in [0.5, 0.6) is 5.75 Å². The Balaban J connectivity index is 1.76. The van der Waals surface area contributed by atoms with Gasteiger partial charge in [0.2, 0.25) is 0 Å². The van der Waals surface area contributed by atoms with Gasteiger partial charge in [0.25, 0.3) is 0 Å². The Morgan fingerprint density at radius 2 is 1.82 bits per heavy atom. The third-order valence-corrected chi connectivity index (χ3v) is 6.04. The van der Waals surface area contributed by atoms with E-state index in [2.05, 4.69) is 20.9 Å². The molecule has 1 aliphatic carbocycles. The molecule has 0 radical (unpaired) electrons. The number of aromatic nitrogens is 1. The number of halogens is 5. The summed E-state index contributed by atoms with van der Waals surface area (Å²) in [6.07, 6.45) is -2.05. The maximum Gasteiger partial charge on any atom is 0.433 e. The molecule has 2 aromatic carbocycles. The summed E-state index contributed by atoms with van der Waals surface area (Å²) in [6.45, 7) is -0.0133. The van der Waals surface area contributed by atoms with Crippen LogP contribution >= 0.6 is 15.9 Å². The number of nitrogens with zero attached hydrogens (tertiary/aromatic N) is 1. The first kappa shape index (κ1) is 23.9. The highest BCUT2D eigenvalue weighted by Crippen LogP contribution is 2.44. The summed E-state index contributed by atoms with van der Waals surface area (Å²) in [5.41, 5.74) is 0.324. The Hall–Kier alpha value is -3.20. The van der Waals surface area contributed by atoms with Crippen molar-refractivity contribution < 1.29 is 32.2 Å². The van der Waals surface area contributed by atoms with Gasteiger partial charge >= 0.3 is 6.18 Å². The molecule has 0 saturated heterocycles. The Morgan fingerprint density at radius 3 is 2.53 bits per heavy atom. The standard InChI is InChI=1S/C25H18BrF4NO3/c26-16-8-9-22(34-13-14-4-1-2-7-21(14)27)19(11-16)18-6-3-5-17(18)15-10-20(24(32)33)23(31-12-15)25(28,29)30/h1-2,4,7-12H,3,5-6,13H2,(H,32,33)/p-1. The fourth-order valence-electron chi connectivity index (χ4n) is 4.01. The monoisotopic (exact) mass is 534 g/mol. The number of rotatable bonds is 6. The van der Waals surface area contributed by atoms with Gasteiger partial charge in [-0.15, -0.1) is 0 Å². The van der Waals surface area contributed by atoms with Gasteiger partial charge in [-0.1, -0.05) is 34.1 Å². The van der Waals surface area contributed by atoms with Crippen LogP contribution in [0.2, 0.25) is 0 Å². The van der Waals surface area contributed by atoms with Gasteiger partial charge in [0.15, 0.2) is 5.69 Å². The van der Waals surface area contributed by atoms with E-state index in [9.17, 15) is 27.5 Å². The number of alkyl halides is 3. The van der Waals surface area contributed by atoms with E-state index in [1.165, 1.54) is 6.07 Å². The summed E-state index contributed by atoms with van der Waals surface area (Å²) in [5, 5.41) is 11.4. The second-order valence-electron chi connectivity index (χ2n) is 7.74. The highest BCUT2D eigenvalue weighted by molar-refractivity contribution is 9.10. The summed E-state index contributed by atoms with van der Waals surface area (Å²) in [5.74, 6) is -1.87. The minimum atomic E-state index is -4.92. The van der Waals surface area contributed by atoms with Gasteiger partial charge in [0.05, 0.1) is 5.97 Å². The predicted molar refractivity (Wildman–Crippen MR) is 119 cm³/mol. The lowest BCUT2D eigenvalue weighted by molar-refractivity contribution is -0.255. The lowest BCUT2D eigenvalue weighted by Gasteiger charge is -2.17. The molecule has 34 heavy (non-hydrogen) atoms. The summed E-state index contributed by atoms with van der Waals surface area (Å²) >= 11 is 3.43. The Morgan fingerprint density at radius 1 is 1.09 bits per heavy atom. The molecule has 0 bridgehead atoms. The molecule has 0 spiro atoms. The number of carboxylic acid groups (broad SMARTS) is 1. The number of carbonyl (C=O) groups excluding carboxylic acids is 1. The predicted octanol–water partition coefficient (Wildman–Crippen LogP) is 6.04. The lowest BCUT2D eigenvalue weighted by Crippen LogP contribution is -2.27. The molecule has 0 fully saturated rings. The lowest BCUT2D eigenvalue weighted by atomic mass is 9.96. The van der Waals surface area contributed by atoms with Gasteiger partial charge in [-0.3, -0.25) is 4.98 Å². The third-order valence-electron chi connectivity index (χ3n) is 5.55. The average molecular weight is 535 g/mol. The number of pyridine rings is 1. The number of aromatic carboxylic acids is 1. The molecule has 9 heteroatoms. The van der Waals surface area contributed by atoms with E-state index in [1.54, 1.807) is 30.3 Å². The van der Waals surface area contributed by atoms with Gasteiger partial charge in [0.1, 0.15) is 18.2 Å². The maximum absolute atomic E-state index is 14.0. The van der Waals surface area contributed by atoms with Crippen LogP contribution in [0.1, 0.15) is 52.0 Å². The van der Waals surface area contributed by atoms with E-state index in [0.29, 0.717) is 41.7 Å². The highest BCUT2D eigenvalue weighted by Gasteiger charge is 2.36. The summed E-state index contributed by atoms with van der Waals surface area (Å²) in [6, 6.07) is 12.5. The first-order valence-corrected chi connectivity index (χ1v) is 11.1. The van der Waals surface area contributed by atoms with E-state index in [-0.39, 0.29) is 12.2 Å². The van der Waals surface area contributed by atoms with Gasteiger partial charge in [-0.2, -0.15) is 13.2 Å². The minimum Gasteiger partial charge on any atom is -0.545 e. The molecular weight excluding hydrogens is 518 g/mol. The van der Waals surface area contributed by atoms with E-state index >= 15 is 0 Å². The van der Waals surface area contributed by atoms with Crippen LogP contribution in [0.3, 0.4) is 0 Å². The first-order chi connectivity index (χ1) is 16.1. The van der Waals surface area contributed by atoms with Gasteiger partial charge < -0.3 is 14.6 Å². The van der Waals surface area contributed by atoms with E-state index in [1.807, 2.05) is 6.07 Å². The van der Waals surface area contributed by atoms with E-state index in [4.69, 9.17) is 4.74 Å². The smallest absolute Gasteiger partial charge is 0.433 e. The molecule has 3 aromatic rings. The van der Waals surface area contributed by atoms with Crippen LogP contribution in [-0.2, 0) is 12.8 Å². The van der Waals surface area contributed by atoms with Crippen molar-refractivity contribution in [2.75, 3.05) is 0 Å². The number of carboxylic acids is 1. The third kappa shape index (κ3) is 4.99. The minimum absolute atomic E-state index is 0.0133. The normalized spacial score (nSPS) is 13.9. The van der Waals surface area contributed by atoms with Crippen molar-refractivity contribution in [2.45, 2.75) is 32.0 Å². The second-order valence-corrected chi connectivity index (χ2v) is 8.65. The van der Waals surface area contributed by atoms with Crippen molar-refractivity contribution in [3.63, 3.8) is 0 Å². The van der Waals surface area contributed by atoms with Crippen molar-refractivity contribution >= 4 is 33.0 Å². The zero-order valence-electron chi connectivity index (χ0n) is 17.6. The van der Waals surface area contributed by atoms with Crippen LogP contribution in [0, 0.1) is 5.82 Å². The van der Waals surface area contributed by atoms with Crippen LogP contribution in [0.25, 0.3) is 11.1 Å². The fraction of sp³-hybridized carbons (Fsp3) is 0.200. The number of benzene rings is 2. The largest absolute Gasteiger partial charge is 0.545 e. The summed E-state index contributed by atoms with van der Waals surface area (Å²) in [4.78, 5) is 14.8. The molecule has 176 valence electrons. The van der Waals surface area contributed by atoms with Gasteiger partial charge in [-0.05, 0) is 66.3 Å². The van der Waals surface area contributed by atoms with Crippen LogP contribution < -0.4 is 9.84 Å². The van der Waals surface area contributed by atoms with Crippen molar-refractivity contribution in [1.29, 1.82) is 0 Å². The molecule has 0 N–H and O–H groups in total. The maximum atomic E-state index is 14.0. The van der Waals surface area contributed by atoms with Crippen molar-refractivity contribution in [3.05, 3.63) is 93.0 Å². The van der Waals surface area contributed by atoms with Crippen molar-refractivity contribution in [2.24, 2.45) is 0 Å². The molecular formula is C25H17BrF4NO3-. The highest BCUT2D eigenvalue weighted by atomic mass is 79.9. The molecule has 0 unspecified atom stereocenters. The molecule has 1 heterocycles. The van der Waals surface area contributed by atoms with E-state index in [0.717, 1.165) is 22.3 Å². The number of hydrogen-bond donors (Lipinski definition) is 0. The zero-order chi connectivity index (χ0) is 24.5. The SMILES string of the molecule is O=C([O-])c1cc(C2=C(c3cc(Br)ccc3OCc3ccccc3F)CCC2)cnc1C(F)(F)F. The summed E-state index contributed by atoms with van der Waals surface area (Å²) in [7, 11) is 0. The Kier molecular flexibility index (Phi) is 6.74. The summed E-state index contributed by atoms with van der Waals surface area (Å²) < 4.78 is 60.3. The topological polar surface area (TPSA) is 62.2 Å². The molecule has 0 aliphatic heterocycles. The number of ether oxygens (including phenoxy) is 1. The number of carbonyl (C=O) groups is 1. The Labute approximate surface area is 201 Å². The molecule has 4 rings (SSSR count). The van der Waals surface area contributed by atoms with Crippen molar-refractivity contribution in [3.8, 4) is 5.75 Å². The number of hydrogen-bond acceptors (Lipinski definition) is 4. The first-order valence-electron chi connectivity index (χ1n) is 10.3. The molecule has 4 nitrogen and oxygen atoms in total. The van der Waals surface area contributed by atoms with Crippen LogP contribution in [0.15, 0.2) is 59.2 Å².